The Hall–Kier alpha value is -0.880. The molecule has 0 unspecified atom stereocenters. The van der Waals surface area contributed by atoms with Gasteiger partial charge in [0.1, 0.15) is 16.6 Å². The van der Waals surface area contributed by atoms with Crippen molar-refractivity contribution in [2.24, 2.45) is 0 Å². The number of hydrogen-bond donors (Lipinski definition) is 0. The maximum atomic E-state index is 13.2. The zero-order valence-corrected chi connectivity index (χ0v) is 9.78. The van der Waals surface area contributed by atoms with Crippen LogP contribution in [0.4, 0.5) is 8.78 Å². The van der Waals surface area contributed by atoms with Crippen molar-refractivity contribution in [3.63, 3.8) is 0 Å². The molecule has 0 spiro atoms. The molecule has 1 aromatic carbocycles. The highest BCUT2D eigenvalue weighted by Crippen LogP contribution is 2.17. The Balaban J connectivity index is 2.24. The molecule has 6 heteroatoms. The molecule has 0 saturated heterocycles. The average molecular weight is 291 g/mol. The van der Waals surface area contributed by atoms with Gasteiger partial charge in [-0.1, -0.05) is 6.07 Å². The van der Waals surface area contributed by atoms with Crippen LogP contribution in [0.25, 0.3) is 0 Å². The largest absolute Gasteiger partial charge is 0.214 e. The van der Waals surface area contributed by atoms with Crippen LogP contribution in [0.2, 0.25) is 0 Å². The lowest BCUT2D eigenvalue weighted by Crippen LogP contribution is -1.92. The van der Waals surface area contributed by atoms with E-state index in [1.807, 2.05) is 0 Å². The van der Waals surface area contributed by atoms with E-state index in [4.69, 9.17) is 0 Å². The molecule has 0 aliphatic rings. The Morgan fingerprint density at radius 2 is 2.13 bits per heavy atom. The summed E-state index contributed by atoms with van der Waals surface area (Å²) in [6.45, 7) is 0. The van der Waals surface area contributed by atoms with E-state index < -0.39 is 11.6 Å². The van der Waals surface area contributed by atoms with E-state index in [0.29, 0.717) is 21.7 Å². The molecule has 2 aromatic rings. The third kappa shape index (κ3) is 2.57. The molecule has 0 saturated carbocycles. The second-order valence-electron chi connectivity index (χ2n) is 2.87. The number of aromatic nitrogens is 2. The molecule has 0 N–H and O–H groups in total. The smallest absolute Gasteiger partial charge is 0.209 e. The van der Waals surface area contributed by atoms with Crippen LogP contribution in [0.1, 0.15) is 10.6 Å². The quantitative estimate of drug-likeness (QED) is 0.849. The highest BCUT2D eigenvalue weighted by Gasteiger charge is 2.08. The maximum Gasteiger partial charge on any atom is 0.209 e. The average Bonchev–Trinajstić information content (AvgIpc) is 2.56. The van der Waals surface area contributed by atoms with Crippen molar-refractivity contribution in [2.75, 3.05) is 0 Å². The summed E-state index contributed by atoms with van der Waals surface area (Å²) in [6, 6.07) is 3.51. The lowest BCUT2D eigenvalue weighted by Gasteiger charge is -1.99. The van der Waals surface area contributed by atoms with Crippen LogP contribution >= 0.6 is 27.5 Å². The van der Waals surface area contributed by atoms with Gasteiger partial charge in [0.05, 0.1) is 0 Å². The summed E-state index contributed by atoms with van der Waals surface area (Å²) in [5.74, 6) is -1.13. The predicted octanol–water partition coefficient (Wildman–Crippen LogP) is 3.17. The van der Waals surface area contributed by atoms with Gasteiger partial charge in [0.15, 0.2) is 0 Å². The highest BCUT2D eigenvalue weighted by atomic mass is 79.9. The van der Waals surface area contributed by atoms with E-state index in [-0.39, 0.29) is 0 Å². The normalized spacial score (nSPS) is 10.6. The summed E-state index contributed by atoms with van der Waals surface area (Å²) in [6.07, 6.45) is 0.329. The molecule has 1 aromatic heterocycles. The lowest BCUT2D eigenvalue weighted by molar-refractivity contribution is 0.574. The molecular formula is C9H5BrF2N2S. The number of rotatable bonds is 2. The summed E-state index contributed by atoms with van der Waals surface area (Å²) in [7, 11) is 0. The van der Waals surface area contributed by atoms with Crippen LogP contribution in [0.15, 0.2) is 22.9 Å². The van der Waals surface area contributed by atoms with Gasteiger partial charge in [-0.25, -0.2) is 13.8 Å². The molecule has 0 bridgehead atoms. The summed E-state index contributed by atoms with van der Waals surface area (Å²) in [5.41, 5.74) is 0.417. The predicted molar refractivity (Wildman–Crippen MR) is 56.8 cm³/mol. The first-order chi connectivity index (χ1) is 7.15. The second-order valence-corrected chi connectivity index (χ2v) is 4.42. The van der Waals surface area contributed by atoms with Gasteiger partial charge < -0.3 is 0 Å². The van der Waals surface area contributed by atoms with Crippen LogP contribution in [0.3, 0.4) is 0 Å². The fourth-order valence-electron chi connectivity index (χ4n) is 1.13. The Kier molecular flexibility index (Phi) is 3.06. The molecule has 78 valence electrons. The van der Waals surface area contributed by atoms with E-state index in [1.165, 1.54) is 23.7 Å². The second kappa shape index (κ2) is 4.32. The van der Waals surface area contributed by atoms with E-state index in [9.17, 15) is 8.78 Å². The molecule has 2 nitrogen and oxygen atoms in total. The van der Waals surface area contributed by atoms with E-state index in [1.54, 1.807) is 0 Å². The van der Waals surface area contributed by atoms with Gasteiger partial charge in [-0.3, -0.25) is 0 Å². The molecule has 1 heterocycles. The Morgan fingerprint density at radius 3 is 2.73 bits per heavy atom. The lowest BCUT2D eigenvalue weighted by atomic mass is 10.1. The summed E-state index contributed by atoms with van der Waals surface area (Å²) in [5, 5.41) is 0.687. The van der Waals surface area contributed by atoms with Gasteiger partial charge in [-0.2, -0.15) is 4.37 Å². The molecular weight excluding hydrogens is 286 g/mol. The van der Waals surface area contributed by atoms with Crippen molar-refractivity contribution < 1.29 is 8.78 Å². The van der Waals surface area contributed by atoms with Gasteiger partial charge in [0.2, 0.25) is 4.73 Å². The molecule has 0 atom stereocenters. The van der Waals surface area contributed by atoms with Crippen LogP contribution in [-0.2, 0) is 6.42 Å². The first kappa shape index (κ1) is 10.6. The summed E-state index contributed by atoms with van der Waals surface area (Å²) >= 11 is 4.30. The first-order valence-corrected chi connectivity index (χ1v) is 5.64. The zero-order valence-electron chi connectivity index (χ0n) is 7.38. The van der Waals surface area contributed by atoms with Crippen molar-refractivity contribution in [1.82, 2.24) is 9.36 Å². The van der Waals surface area contributed by atoms with E-state index >= 15 is 0 Å². The first-order valence-electron chi connectivity index (χ1n) is 4.07. The third-order valence-electron chi connectivity index (χ3n) is 1.80. The summed E-state index contributed by atoms with van der Waals surface area (Å²) < 4.78 is 30.3. The van der Waals surface area contributed by atoms with Crippen LogP contribution < -0.4 is 0 Å². The highest BCUT2D eigenvalue weighted by molar-refractivity contribution is 9.10. The molecule has 0 fully saturated rings. The van der Waals surface area contributed by atoms with Crippen molar-refractivity contribution >= 4 is 27.5 Å². The fraction of sp³-hybridized carbons (Fsp3) is 0.111. The molecule has 0 radical (unpaired) electrons. The maximum absolute atomic E-state index is 13.2. The minimum absolute atomic E-state index is 0.329. The van der Waals surface area contributed by atoms with Gasteiger partial charge in [-0.15, -0.1) is 0 Å². The number of hydrogen-bond acceptors (Lipinski definition) is 3. The SMILES string of the molecule is Fc1ccc(Cc2nc(Br)ns2)c(F)c1. The minimum Gasteiger partial charge on any atom is -0.214 e. The van der Waals surface area contributed by atoms with E-state index in [0.717, 1.165) is 6.07 Å². The van der Waals surface area contributed by atoms with Gasteiger partial charge in [0.25, 0.3) is 0 Å². The molecule has 0 aliphatic heterocycles. The van der Waals surface area contributed by atoms with Crippen molar-refractivity contribution in [3.8, 4) is 0 Å². The Morgan fingerprint density at radius 1 is 1.33 bits per heavy atom. The van der Waals surface area contributed by atoms with Crippen LogP contribution in [0, 0.1) is 11.6 Å². The Bertz CT molecular complexity index is 487. The van der Waals surface area contributed by atoms with Gasteiger partial charge in [0, 0.05) is 12.5 Å². The third-order valence-corrected chi connectivity index (χ3v) is 3.10. The van der Waals surface area contributed by atoms with E-state index in [2.05, 4.69) is 25.3 Å². The van der Waals surface area contributed by atoms with Gasteiger partial charge in [-0.05, 0) is 39.1 Å². The topological polar surface area (TPSA) is 25.8 Å². The van der Waals surface area contributed by atoms with Crippen molar-refractivity contribution in [2.45, 2.75) is 6.42 Å². The van der Waals surface area contributed by atoms with Crippen molar-refractivity contribution in [3.05, 3.63) is 45.1 Å². The van der Waals surface area contributed by atoms with Crippen LogP contribution in [0.5, 0.6) is 0 Å². The Labute approximate surface area is 97.3 Å². The minimum atomic E-state index is -0.574. The number of nitrogens with zero attached hydrogens (tertiary/aromatic N) is 2. The fourth-order valence-corrected chi connectivity index (χ4v) is 2.25. The molecule has 0 aliphatic carbocycles. The number of halogens is 3. The van der Waals surface area contributed by atoms with Crippen LogP contribution in [-0.4, -0.2) is 9.36 Å². The zero-order chi connectivity index (χ0) is 10.8. The van der Waals surface area contributed by atoms with Gasteiger partial charge >= 0.3 is 0 Å². The summed E-state index contributed by atoms with van der Waals surface area (Å²) in [4.78, 5) is 4.03. The monoisotopic (exact) mass is 290 g/mol. The molecule has 15 heavy (non-hydrogen) atoms. The molecule has 2 rings (SSSR count). The van der Waals surface area contributed by atoms with Crippen molar-refractivity contribution in [1.29, 1.82) is 0 Å². The number of benzene rings is 1. The molecule has 0 amide bonds. The standard InChI is InChI=1S/C9H5BrF2N2S/c10-9-13-8(15-14-9)3-5-1-2-6(11)4-7(5)12/h1-2,4H,3H2.